The molecular formula is C15H20N2. The number of hydrogen-bond donors (Lipinski definition) is 1. The first-order chi connectivity index (χ1) is 8.22. The first-order valence-electron chi connectivity index (χ1n) is 5.94. The van der Waals surface area contributed by atoms with Gasteiger partial charge in [-0.1, -0.05) is 37.1 Å². The van der Waals surface area contributed by atoms with Crippen LogP contribution in [0.2, 0.25) is 0 Å². The van der Waals surface area contributed by atoms with Gasteiger partial charge in [0.1, 0.15) is 6.54 Å². The van der Waals surface area contributed by atoms with Gasteiger partial charge in [-0.25, -0.2) is 0 Å². The van der Waals surface area contributed by atoms with E-state index < -0.39 is 0 Å². The van der Waals surface area contributed by atoms with Crippen LogP contribution < -0.4 is 5.32 Å². The maximum Gasteiger partial charge on any atom is 0.100 e. The number of terminal acetylenes is 1. The molecular weight excluding hydrogens is 208 g/mol. The summed E-state index contributed by atoms with van der Waals surface area (Å²) in [6, 6.07) is 0. The highest BCUT2D eigenvalue weighted by Crippen LogP contribution is 2.19. The van der Waals surface area contributed by atoms with Crippen molar-refractivity contribution in [1.82, 2.24) is 5.32 Å². The Hall–Kier alpha value is -1.75. The normalized spacial score (nSPS) is 20.8. The summed E-state index contributed by atoms with van der Waals surface area (Å²) in [6.07, 6.45) is 14.9. The molecule has 1 unspecified atom stereocenters. The van der Waals surface area contributed by atoms with E-state index in [1.807, 2.05) is 20.0 Å². The topological polar surface area (TPSA) is 24.4 Å². The van der Waals surface area contributed by atoms with Crippen molar-refractivity contribution in [3.8, 4) is 12.3 Å². The van der Waals surface area contributed by atoms with Crippen LogP contribution in [0.15, 0.2) is 40.6 Å². The Bertz CT molecular complexity index is 417. The Morgan fingerprint density at radius 3 is 2.94 bits per heavy atom. The molecule has 90 valence electrons. The van der Waals surface area contributed by atoms with Gasteiger partial charge in [-0.3, -0.25) is 4.99 Å². The summed E-state index contributed by atoms with van der Waals surface area (Å²) in [5.74, 6) is 3.16. The minimum Gasteiger partial charge on any atom is -0.387 e. The molecule has 0 radical (unpaired) electrons. The van der Waals surface area contributed by atoms with Crippen molar-refractivity contribution in [2.45, 2.75) is 20.3 Å². The second-order valence-corrected chi connectivity index (χ2v) is 4.05. The summed E-state index contributed by atoms with van der Waals surface area (Å²) >= 11 is 0. The van der Waals surface area contributed by atoms with E-state index in [9.17, 15) is 0 Å². The van der Waals surface area contributed by atoms with E-state index >= 15 is 0 Å². The fourth-order valence-corrected chi connectivity index (χ4v) is 1.76. The summed E-state index contributed by atoms with van der Waals surface area (Å²) in [5.41, 5.74) is 3.13. The highest BCUT2D eigenvalue weighted by atomic mass is 14.9. The lowest BCUT2D eigenvalue weighted by Gasteiger charge is -2.16. The van der Waals surface area contributed by atoms with Gasteiger partial charge < -0.3 is 5.32 Å². The van der Waals surface area contributed by atoms with Gasteiger partial charge in [-0.05, 0) is 24.8 Å². The van der Waals surface area contributed by atoms with Crippen LogP contribution in [0.5, 0.6) is 0 Å². The molecule has 0 bridgehead atoms. The number of nitrogens with one attached hydrogen (secondary N) is 1. The minimum atomic E-state index is 0.412. The van der Waals surface area contributed by atoms with Crippen molar-refractivity contribution in [3.05, 3.63) is 35.6 Å². The van der Waals surface area contributed by atoms with Crippen LogP contribution in [0.1, 0.15) is 20.3 Å². The summed E-state index contributed by atoms with van der Waals surface area (Å²) in [5, 5.41) is 3.16. The Balaban J connectivity index is 3.01. The standard InChI is InChI=1S/C15H20N2/c1-5-11-17-15(14(6-2)16-4)13-9-7-12(3)8-10-13/h1,6-7,9-10,12,16H,8,11H2,2-4H3/b14-6+,17-15?. The van der Waals surface area contributed by atoms with E-state index in [0.717, 1.165) is 23.4 Å². The van der Waals surface area contributed by atoms with Crippen molar-refractivity contribution in [2.75, 3.05) is 13.6 Å². The van der Waals surface area contributed by atoms with Crippen LogP contribution >= 0.6 is 0 Å². The van der Waals surface area contributed by atoms with Crippen LogP contribution in [-0.4, -0.2) is 19.3 Å². The Morgan fingerprint density at radius 2 is 2.47 bits per heavy atom. The lowest BCUT2D eigenvalue weighted by atomic mass is 9.94. The molecule has 2 heteroatoms. The lowest BCUT2D eigenvalue weighted by molar-refractivity contribution is 0.734. The van der Waals surface area contributed by atoms with E-state index in [-0.39, 0.29) is 0 Å². The van der Waals surface area contributed by atoms with Gasteiger partial charge in [-0.2, -0.15) is 0 Å². The van der Waals surface area contributed by atoms with Crippen molar-refractivity contribution < 1.29 is 0 Å². The number of aliphatic imine (C=N–C) groups is 1. The Kier molecular flexibility index (Phi) is 5.29. The predicted octanol–water partition coefficient (Wildman–Crippen LogP) is 2.71. The summed E-state index contributed by atoms with van der Waals surface area (Å²) in [7, 11) is 1.90. The van der Waals surface area contributed by atoms with Crippen molar-refractivity contribution >= 4 is 5.71 Å². The first kappa shape index (κ1) is 13.3. The maximum atomic E-state index is 5.28. The summed E-state index contributed by atoms with van der Waals surface area (Å²) in [4.78, 5) is 4.46. The zero-order chi connectivity index (χ0) is 12.7. The fourth-order valence-electron chi connectivity index (χ4n) is 1.76. The third-order valence-electron chi connectivity index (χ3n) is 2.73. The molecule has 17 heavy (non-hydrogen) atoms. The number of rotatable bonds is 4. The Morgan fingerprint density at radius 1 is 1.71 bits per heavy atom. The summed E-state index contributed by atoms with van der Waals surface area (Å²) in [6.45, 7) is 4.61. The van der Waals surface area contributed by atoms with E-state index in [1.54, 1.807) is 0 Å². The zero-order valence-corrected chi connectivity index (χ0v) is 10.8. The molecule has 0 aromatic carbocycles. The fraction of sp³-hybridized carbons (Fsp3) is 0.400. The van der Waals surface area contributed by atoms with Gasteiger partial charge in [0.15, 0.2) is 0 Å². The molecule has 0 saturated carbocycles. The smallest absolute Gasteiger partial charge is 0.100 e. The molecule has 0 heterocycles. The quantitative estimate of drug-likeness (QED) is 0.580. The maximum absolute atomic E-state index is 5.28. The average Bonchev–Trinajstić information content (AvgIpc) is 2.36. The van der Waals surface area contributed by atoms with Crippen LogP contribution in [-0.2, 0) is 0 Å². The summed E-state index contributed by atoms with van der Waals surface area (Å²) < 4.78 is 0. The van der Waals surface area contributed by atoms with E-state index in [0.29, 0.717) is 12.5 Å². The molecule has 1 N–H and O–H groups in total. The number of allylic oxidation sites excluding steroid dienone is 5. The molecule has 0 saturated heterocycles. The van der Waals surface area contributed by atoms with E-state index in [2.05, 4.69) is 41.4 Å². The van der Waals surface area contributed by atoms with Crippen LogP contribution in [0.4, 0.5) is 0 Å². The van der Waals surface area contributed by atoms with Gasteiger partial charge in [0, 0.05) is 7.05 Å². The molecule has 0 aromatic heterocycles. The second-order valence-electron chi connectivity index (χ2n) is 4.05. The van der Waals surface area contributed by atoms with Gasteiger partial charge in [-0.15, -0.1) is 6.42 Å². The minimum absolute atomic E-state index is 0.412. The van der Waals surface area contributed by atoms with Gasteiger partial charge in [0.2, 0.25) is 0 Å². The van der Waals surface area contributed by atoms with Crippen molar-refractivity contribution in [3.63, 3.8) is 0 Å². The third-order valence-corrected chi connectivity index (χ3v) is 2.73. The van der Waals surface area contributed by atoms with Crippen molar-refractivity contribution in [1.29, 1.82) is 0 Å². The molecule has 1 aliphatic carbocycles. The molecule has 0 aromatic rings. The third kappa shape index (κ3) is 3.64. The SMILES string of the molecule is C#CCN=C(C1=CCC(C)C=C1)/C(=C\C)NC. The molecule has 2 nitrogen and oxygen atoms in total. The number of nitrogens with zero attached hydrogens (tertiary/aromatic N) is 1. The average molecular weight is 228 g/mol. The molecule has 0 fully saturated rings. The van der Waals surface area contributed by atoms with E-state index in [4.69, 9.17) is 6.42 Å². The van der Waals surface area contributed by atoms with Crippen LogP contribution in [0.3, 0.4) is 0 Å². The molecule has 0 spiro atoms. The van der Waals surface area contributed by atoms with Crippen molar-refractivity contribution in [2.24, 2.45) is 10.9 Å². The predicted molar refractivity (Wildman–Crippen MR) is 75.0 cm³/mol. The molecule has 0 amide bonds. The molecule has 1 aliphatic rings. The monoisotopic (exact) mass is 228 g/mol. The lowest BCUT2D eigenvalue weighted by Crippen LogP contribution is -2.19. The van der Waals surface area contributed by atoms with Crippen LogP contribution in [0, 0.1) is 18.3 Å². The van der Waals surface area contributed by atoms with Crippen LogP contribution in [0.25, 0.3) is 0 Å². The molecule has 1 rings (SSSR count). The first-order valence-corrected chi connectivity index (χ1v) is 5.94. The highest BCUT2D eigenvalue weighted by Gasteiger charge is 2.12. The Labute approximate surface area is 104 Å². The van der Waals surface area contributed by atoms with E-state index in [1.165, 1.54) is 0 Å². The van der Waals surface area contributed by atoms with Gasteiger partial charge in [0.05, 0.1) is 11.4 Å². The van der Waals surface area contributed by atoms with Gasteiger partial charge >= 0.3 is 0 Å². The molecule has 1 atom stereocenters. The largest absolute Gasteiger partial charge is 0.387 e. The number of hydrogen-bond acceptors (Lipinski definition) is 2. The highest BCUT2D eigenvalue weighted by molar-refractivity contribution is 6.13. The molecule has 0 aliphatic heterocycles. The van der Waals surface area contributed by atoms with Gasteiger partial charge in [0.25, 0.3) is 0 Å². The second kappa shape index (κ2) is 6.75. The zero-order valence-electron chi connectivity index (χ0n) is 10.8.